The first-order valence-corrected chi connectivity index (χ1v) is 5.57. The average molecular weight is 187 g/mol. The highest BCUT2D eigenvalue weighted by Crippen LogP contribution is 2.51. The van der Waals surface area contributed by atoms with Gasteiger partial charge in [0.2, 0.25) is 0 Å². The fourth-order valence-electron chi connectivity index (χ4n) is 2.89. The molecule has 0 unspecified atom stereocenters. The molecule has 1 heterocycles. The summed E-state index contributed by atoms with van der Waals surface area (Å²) < 4.78 is 0. The van der Waals surface area contributed by atoms with Crippen LogP contribution in [-0.4, -0.2) is 6.54 Å². The Labute approximate surface area is 85.5 Å². The van der Waals surface area contributed by atoms with Crippen LogP contribution in [0, 0.1) is 13.8 Å². The second-order valence-corrected chi connectivity index (χ2v) is 4.92. The van der Waals surface area contributed by atoms with Crippen molar-refractivity contribution in [1.29, 1.82) is 0 Å². The molecule has 0 aromatic heterocycles. The maximum atomic E-state index is 3.60. The first-order chi connectivity index (χ1) is 6.73. The van der Waals surface area contributed by atoms with Gasteiger partial charge in [0.15, 0.2) is 0 Å². The van der Waals surface area contributed by atoms with Gasteiger partial charge in [0.1, 0.15) is 0 Å². The Balaban J connectivity index is 2.17. The van der Waals surface area contributed by atoms with Gasteiger partial charge < -0.3 is 5.32 Å². The van der Waals surface area contributed by atoms with Gasteiger partial charge in [0.05, 0.1) is 0 Å². The fourth-order valence-corrected chi connectivity index (χ4v) is 2.89. The monoisotopic (exact) mass is 187 g/mol. The molecule has 0 amide bonds. The van der Waals surface area contributed by atoms with E-state index in [0.717, 1.165) is 0 Å². The largest absolute Gasteiger partial charge is 0.384 e. The molecule has 1 N–H and O–H groups in total. The van der Waals surface area contributed by atoms with Crippen molar-refractivity contribution in [2.75, 3.05) is 11.9 Å². The van der Waals surface area contributed by atoms with E-state index in [1.807, 2.05) is 0 Å². The minimum atomic E-state index is 0.522. The molecule has 14 heavy (non-hydrogen) atoms. The van der Waals surface area contributed by atoms with Gasteiger partial charge in [-0.1, -0.05) is 18.6 Å². The quantitative estimate of drug-likeness (QED) is 0.658. The number of benzene rings is 1. The first kappa shape index (κ1) is 8.34. The van der Waals surface area contributed by atoms with E-state index in [2.05, 4.69) is 31.3 Å². The van der Waals surface area contributed by atoms with E-state index in [1.54, 1.807) is 5.56 Å². The molecule has 0 atom stereocenters. The number of aryl methyl sites for hydroxylation is 1. The van der Waals surface area contributed by atoms with E-state index in [4.69, 9.17) is 0 Å². The van der Waals surface area contributed by atoms with Crippen LogP contribution in [0.1, 0.15) is 36.0 Å². The Hall–Kier alpha value is -0.980. The van der Waals surface area contributed by atoms with E-state index >= 15 is 0 Å². The minimum absolute atomic E-state index is 0.522. The lowest BCUT2D eigenvalue weighted by atomic mass is 9.65. The summed E-state index contributed by atoms with van der Waals surface area (Å²) in [6.45, 7) is 5.61. The topological polar surface area (TPSA) is 12.0 Å². The Kier molecular flexibility index (Phi) is 1.51. The second kappa shape index (κ2) is 2.53. The van der Waals surface area contributed by atoms with Crippen molar-refractivity contribution in [3.63, 3.8) is 0 Å². The SMILES string of the molecule is Cc1ccc2c(c1C)NCC21CCC1. The van der Waals surface area contributed by atoms with Crippen molar-refractivity contribution in [2.24, 2.45) is 0 Å². The van der Waals surface area contributed by atoms with Crippen LogP contribution in [0.4, 0.5) is 5.69 Å². The maximum absolute atomic E-state index is 3.60. The lowest BCUT2D eigenvalue weighted by Crippen LogP contribution is -2.35. The zero-order valence-corrected chi connectivity index (χ0v) is 8.98. The van der Waals surface area contributed by atoms with Gasteiger partial charge in [-0.3, -0.25) is 0 Å². The molecule has 1 aromatic rings. The predicted molar refractivity (Wildman–Crippen MR) is 59.9 cm³/mol. The lowest BCUT2D eigenvalue weighted by Gasteiger charge is -2.38. The summed E-state index contributed by atoms with van der Waals surface area (Å²) in [5.74, 6) is 0. The summed E-state index contributed by atoms with van der Waals surface area (Å²) in [5, 5.41) is 3.60. The van der Waals surface area contributed by atoms with Crippen molar-refractivity contribution in [1.82, 2.24) is 0 Å². The minimum Gasteiger partial charge on any atom is -0.384 e. The van der Waals surface area contributed by atoms with E-state index < -0.39 is 0 Å². The van der Waals surface area contributed by atoms with Crippen LogP contribution < -0.4 is 5.32 Å². The molecule has 1 aliphatic carbocycles. The molecule has 1 aliphatic heterocycles. The summed E-state index contributed by atoms with van der Waals surface area (Å²) in [5.41, 5.74) is 6.41. The predicted octanol–water partition coefficient (Wildman–Crippen LogP) is 3.15. The van der Waals surface area contributed by atoms with Crippen LogP contribution in [0.2, 0.25) is 0 Å². The Morgan fingerprint density at radius 3 is 2.64 bits per heavy atom. The third-order valence-corrected chi connectivity index (χ3v) is 4.22. The third kappa shape index (κ3) is 0.853. The number of rotatable bonds is 0. The number of anilines is 1. The lowest BCUT2D eigenvalue weighted by molar-refractivity contribution is 0.272. The first-order valence-electron chi connectivity index (χ1n) is 5.57. The molecular formula is C13H17N. The molecule has 1 saturated carbocycles. The van der Waals surface area contributed by atoms with Gasteiger partial charge in [-0.2, -0.15) is 0 Å². The molecular weight excluding hydrogens is 170 g/mol. The van der Waals surface area contributed by atoms with Crippen molar-refractivity contribution < 1.29 is 0 Å². The zero-order chi connectivity index (χ0) is 9.76. The van der Waals surface area contributed by atoms with Crippen LogP contribution in [-0.2, 0) is 5.41 Å². The molecule has 0 bridgehead atoms. The number of fused-ring (bicyclic) bond motifs is 2. The van der Waals surface area contributed by atoms with Gasteiger partial charge in [0.25, 0.3) is 0 Å². The number of nitrogens with one attached hydrogen (secondary N) is 1. The van der Waals surface area contributed by atoms with E-state index in [0.29, 0.717) is 5.41 Å². The molecule has 74 valence electrons. The molecule has 1 heteroatoms. The highest BCUT2D eigenvalue weighted by molar-refractivity contribution is 5.67. The van der Waals surface area contributed by atoms with E-state index in [-0.39, 0.29) is 0 Å². The number of hydrogen-bond acceptors (Lipinski definition) is 1. The van der Waals surface area contributed by atoms with Gasteiger partial charge in [0, 0.05) is 17.6 Å². The van der Waals surface area contributed by atoms with Gasteiger partial charge in [-0.05, 0) is 43.4 Å². The number of hydrogen-bond donors (Lipinski definition) is 1. The normalized spacial score (nSPS) is 21.6. The standard InChI is InChI=1S/C13H17N/c1-9-4-5-11-12(10(9)2)14-8-13(11)6-3-7-13/h4-5,14H,3,6-8H2,1-2H3. The highest BCUT2D eigenvalue weighted by Gasteiger charge is 2.44. The van der Waals surface area contributed by atoms with Gasteiger partial charge in [-0.25, -0.2) is 0 Å². The van der Waals surface area contributed by atoms with Gasteiger partial charge in [-0.15, -0.1) is 0 Å². The van der Waals surface area contributed by atoms with Crippen molar-refractivity contribution in [3.8, 4) is 0 Å². The van der Waals surface area contributed by atoms with E-state index in [9.17, 15) is 0 Å². The van der Waals surface area contributed by atoms with Crippen LogP contribution in [0.15, 0.2) is 12.1 Å². The Morgan fingerprint density at radius 2 is 2.00 bits per heavy atom. The van der Waals surface area contributed by atoms with Crippen LogP contribution >= 0.6 is 0 Å². The van der Waals surface area contributed by atoms with Crippen LogP contribution in [0.3, 0.4) is 0 Å². The summed E-state index contributed by atoms with van der Waals surface area (Å²) in [7, 11) is 0. The Morgan fingerprint density at radius 1 is 1.21 bits per heavy atom. The summed E-state index contributed by atoms with van der Waals surface area (Å²) >= 11 is 0. The maximum Gasteiger partial charge on any atom is 0.0411 e. The molecule has 3 rings (SSSR count). The van der Waals surface area contributed by atoms with Crippen molar-refractivity contribution >= 4 is 5.69 Å². The van der Waals surface area contributed by atoms with E-state index in [1.165, 1.54) is 42.6 Å². The van der Waals surface area contributed by atoms with Crippen LogP contribution in [0.5, 0.6) is 0 Å². The molecule has 2 aliphatic rings. The Bertz CT molecular complexity index is 388. The smallest absolute Gasteiger partial charge is 0.0411 e. The molecule has 1 aromatic carbocycles. The highest BCUT2D eigenvalue weighted by atomic mass is 14.9. The zero-order valence-electron chi connectivity index (χ0n) is 8.98. The third-order valence-electron chi connectivity index (χ3n) is 4.22. The second-order valence-electron chi connectivity index (χ2n) is 4.92. The van der Waals surface area contributed by atoms with Crippen molar-refractivity contribution in [2.45, 2.75) is 38.5 Å². The molecule has 1 nitrogen and oxygen atoms in total. The summed E-state index contributed by atoms with van der Waals surface area (Å²) in [4.78, 5) is 0. The van der Waals surface area contributed by atoms with Gasteiger partial charge >= 0.3 is 0 Å². The van der Waals surface area contributed by atoms with Crippen LogP contribution in [0.25, 0.3) is 0 Å². The summed E-state index contributed by atoms with van der Waals surface area (Å²) in [6.07, 6.45) is 4.18. The molecule has 1 spiro atoms. The molecule has 0 saturated heterocycles. The average Bonchev–Trinajstić information content (AvgIpc) is 2.50. The fraction of sp³-hybridized carbons (Fsp3) is 0.538. The molecule has 1 fully saturated rings. The van der Waals surface area contributed by atoms with Crippen molar-refractivity contribution in [3.05, 3.63) is 28.8 Å². The molecule has 0 radical (unpaired) electrons. The summed E-state index contributed by atoms with van der Waals surface area (Å²) in [6, 6.07) is 4.62.